The molecule has 2 fully saturated rings. The Morgan fingerprint density at radius 3 is 2.43 bits per heavy atom. The molecular formula is C20H21FN4O5. The van der Waals surface area contributed by atoms with Gasteiger partial charge in [-0.2, -0.15) is 0 Å². The zero-order chi connectivity index (χ0) is 21.6. The van der Waals surface area contributed by atoms with Crippen LogP contribution in [-0.2, 0) is 4.79 Å². The summed E-state index contributed by atoms with van der Waals surface area (Å²) in [6.07, 6.45) is 3.80. The number of carbonyl (C=O) groups is 2. The van der Waals surface area contributed by atoms with Crippen molar-refractivity contribution in [1.29, 1.82) is 0 Å². The number of aromatic carboxylic acids is 1. The van der Waals surface area contributed by atoms with Gasteiger partial charge in [0.25, 0.3) is 0 Å². The van der Waals surface area contributed by atoms with Gasteiger partial charge >= 0.3 is 11.9 Å². The molecule has 1 saturated heterocycles. The van der Waals surface area contributed by atoms with Gasteiger partial charge in [-0.15, -0.1) is 0 Å². The molecule has 0 radical (unpaired) electrons. The van der Waals surface area contributed by atoms with Gasteiger partial charge in [-0.3, -0.25) is 4.79 Å². The highest BCUT2D eigenvalue weighted by Gasteiger charge is 2.29. The molecule has 0 aromatic carbocycles. The maximum atomic E-state index is 14.9. The third-order valence-electron chi connectivity index (χ3n) is 5.67. The molecular weight excluding hydrogens is 395 g/mol. The largest absolute Gasteiger partial charge is 0.478 e. The molecule has 0 atom stereocenters. The topological polar surface area (TPSA) is 139 Å². The van der Waals surface area contributed by atoms with Gasteiger partial charge in [0.15, 0.2) is 11.6 Å². The van der Waals surface area contributed by atoms with Gasteiger partial charge in [0.2, 0.25) is 5.43 Å². The molecule has 10 heteroatoms. The van der Waals surface area contributed by atoms with Gasteiger partial charge in [0.1, 0.15) is 11.2 Å². The van der Waals surface area contributed by atoms with Crippen LogP contribution in [-0.4, -0.2) is 51.3 Å². The summed E-state index contributed by atoms with van der Waals surface area (Å²) in [6.45, 7) is 0.664. The highest BCUT2D eigenvalue weighted by atomic mass is 19.1. The number of nitrogens with two attached hydrogens (primary N) is 1. The van der Waals surface area contributed by atoms with E-state index in [-0.39, 0.29) is 35.0 Å². The second kappa shape index (κ2) is 7.52. The Bertz CT molecular complexity index is 1140. The van der Waals surface area contributed by atoms with Crippen molar-refractivity contribution in [2.75, 3.05) is 24.5 Å². The van der Waals surface area contributed by atoms with Crippen LogP contribution < -0.4 is 16.1 Å². The van der Waals surface area contributed by atoms with Crippen LogP contribution in [0.5, 0.6) is 0 Å². The van der Waals surface area contributed by atoms with Crippen molar-refractivity contribution in [3.63, 3.8) is 0 Å². The number of anilines is 1. The number of hydrogen-bond donors (Lipinski definition) is 3. The monoisotopic (exact) mass is 416 g/mol. The minimum Gasteiger partial charge on any atom is -0.478 e. The summed E-state index contributed by atoms with van der Waals surface area (Å²) in [7, 11) is 0. The van der Waals surface area contributed by atoms with Gasteiger partial charge in [-0.25, -0.2) is 19.0 Å². The molecule has 0 spiro atoms. The summed E-state index contributed by atoms with van der Waals surface area (Å²) in [5.74, 6) is -3.04. The predicted molar refractivity (Wildman–Crippen MR) is 106 cm³/mol. The SMILES string of the molecule is NCC(C(=O)O)=C1CCN(c2nc3c(cc2F)c(=O)c(C(=O)O)cn3C2CC2)CC1. The highest BCUT2D eigenvalue weighted by Crippen LogP contribution is 2.37. The molecule has 0 bridgehead atoms. The Morgan fingerprint density at radius 1 is 1.23 bits per heavy atom. The zero-order valence-corrected chi connectivity index (χ0v) is 16.1. The van der Waals surface area contributed by atoms with Crippen LogP contribution in [0.1, 0.15) is 42.1 Å². The van der Waals surface area contributed by atoms with Gasteiger partial charge < -0.3 is 25.4 Å². The van der Waals surface area contributed by atoms with E-state index in [2.05, 4.69) is 4.98 Å². The molecule has 158 valence electrons. The predicted octanol–water partition coefficient (Wildman–Crippen LogP) is 1.51. The molecule has 4 N–H and O–H groups in total. The number of carboxylic acid groups (broad SMARTS) is 2. The van der Waals surface area contributed by atoms with Crippen LogP contribution in [0.25, 0.3) is 11.0 Å². The first-order valence-corrected chi connectivity index (χ1v) is 9.69. The summed E-state index contributed by atoms with van der Waals surface area (Å²) in [6, 6.07) is 1.09. The fourth-order valence-corrected chi connectivity index (χ4v) is 3.92. The molecule has 1 aliphatic carbocycles. The van der Waals surface area contributed by atoms with E-state index < -0.39 is 28.7 Å². The lowest BCUT2D eigenvalue weighted by atomic mass is 9.97. The van der Waals surface area contributed by atoms with Gasteiger partial charge in [0.05, 0.1) is 5.39 Å². The van der Waals surface area contributed by atoms with Crippen LogP contribution >= 0.6 is 0 Å². The third kappa shape index (κ3) is 3.43. The Hall–Kier alpha value is -3.27. The van der Waals surface area contributed by atoms with E-state index in [1.807, 2.05) is 0 Å². The number of halogens is 1. The van der Waals surface area contributed by atoms with Gasteiger partial charge in [-0.1, -0.05) is 5.57 Å². The molecule has 30 heavy (non-hydrogen) atoms. The van der Waals surface area contributed by atoms with Gasteiger partial charge in [0, 0.05) is 37.4 Å². The molecule has 2 aliphatic rings. The van der Waals surface area contributed by atoms with E-state index in [0.717, 1.165) is 24.5 Å². The summed E-state index contributed by atoms with van der Waals surface area (Å²) >= 11 is 0. The van der Waals surface area contributed by atoms with Crippen LogP contribution in [0.2, 0.25) is 0 Å². The normalized spacial score (nSPS) is 16.7. The average Bonchev–Trinajstić information content (AvgIpc) is 3.54. The minimum atomic E-state index is -1.36. The molecule has 2 aromatic rings. The molecule has 3 heterocycles. The molecule has 9 nitrogen and oxygen atoms in total. The zero-order valence-electron chi connectivity index (χ0n) is 16.1. The van der Waals surface area contributed by atoms with E-state index in [0.29, 0.717) is 25.9 Å². The highest BCUT2D eigenvalue weighted by molar-refractivity contribution is 5.92. The molecule has 0 unspecified atom stereocenters. The van der Waals surface area contributed by atoms with Gasteiger partial charge in [-0.05, 0) is 31.7 Å². The molecule has 4 rings (SSSR count). The number of fused-ring (bicyclic) bond motifs is 1. The summed E-state index contributed by atoms with van der Waals surface area (Å²) < 4.78 is 16.5. The lowest BCUT2D eigenvalue weighted by molar-refractivity contribution is -0.132. The molecule has 1 aliphatic heterocycles. The Kier molecular flexibility index (Phi) is 5.02. The van der Waals surface area contributed by atoms with E-state index in [9.17, 15) is 29.0 Å². The van der Waals surface area contributed by atoms with E-state index in [1.165, 1.54) is 6.20 Å². The van der Waals surface area contributed by atoms with Crippen LogP contribution in [0.4, 0.5) is 10.2 Å². The quantitative estimate of drug-likeness (QED) is 0.624. The second-order valence-corrected chi connectivity index (χ2v) is 7.56. The average molecular weight is 416 g/mol. The van der Waals surface area contributed by atoms with Crippen molar-refractivity contribution >= 4 is 28.8 Å². The minimum absolute atomic E-state index is 0.0376. The first-order chi connectivity index (χ1) is 14.3. The smallest absolute Gasteiger partial charge is 0.341 e. The molecule has 0 amide bonds. The fourth-order valence-electron chi connectivity index (χ4n) is 3.92. The van der Waals surface area contributed by atoms with E-state index >= 15 is 0 Å². The van der Waals surface area contributed by atoms with E-state index in [1.54, 1.807) is 9.47 Å². The Morgan fingerprint density at radius 2 is 1.90 bits per heavy atom. The van der Waals surface area contributed by atoms with Crippen molar-refractivity contribution < 1.29 is 24.2 Å². The number of carboxylic acids is 2. The third-order valence-corrected chi connectivity index (χ3v) is 5.67. The first-order valence-electron chi connectivity index (χ1n) is 9.69. The fraction of sp³-hybridized carbons (Fsp3) is 0.400. The van der Waals surface area contributed by atoms with Crippen molar-refractivity contribution in [3.05, 3.63) is 45.0 Å². The Balaban J connectivity index is 1.75. The standard InChI is InChI=1S/C20H21FN4O5/c21-15-7-12-16(26)14(20(29)30)9-25(11-1-2-11)17(12)23-18(15)24-5-3-10(4-6-24)13(8-22)19(27)28/h7,9,11H,1-6,8,22H2,(H,27,28)(H,29,30). The molecule has 1 saturated carbocycles. The van der Waals surface area contributed by atoms with Crippen LogP contribution in [0.15, 0.2) is 28.2 Å². The van der Waals surface area contributed by atoms with E-state index in [4.69, 9.17) is 5.73 Å². The summed E-state index contributed by atoms with van der Waals surface area (Å²) in [5, 5.41) is 18.5. The number of aliphatic carboxylic acids is 1. The van der Waals surface area contributed by atoms with Crippen LogP contribution in [0.3, 0.4) is 0 Å². The lowest BCUT2D eigenvalue weighted by Crippen LogP contribution is -2.34. The number of aromatic nitrogens is 2. The van der Waals surface area contributed by atoms with Crippen LogP contribution in [0, 0.1) is 5.82 Å². The summed E-state index contributed by atoms with van der Waals surface area (Å²) in [5.41, 5.74) is 5.56. The molecule has 2 aromatic heterocycles. The number of nitrogens with zero attached hydrogens (tertiary/aromatic N) is 3. The van der Waals surface area contributed by atoms with Crippen molar-refractivity contribution in [3.8, 4) is 0 Å². The summed E-state index contributed by atoms with van der Waals surface area (Å²) in [4.78, 5) is 41.4. The lowest BCUT2D eigenvalue weighted by Gasteiger charge is -2.30. The van der Waals surface area contributed by atoms with Crippen molar-refractivity contribution in [2.24, 2.45) is 5.73 Å². The van der Waals surface area contributed by atoms with Crippen molar-refractivity contribution in [2.45, 2.75) is 31.7 Å². The number of piperidine rings is 1. The maximum absolute atomic E-state index is 14.9. The second-order valence-electron chi connectivity index (χ2n) is 7.56. The first kappa shape index (κ1) is 20.0. The number of rotatable bonds is 5. The number of hydrogen-bond acceptors (Lipinski definition) is 6. The van der Waals surface area contributed by atoms with Crippen molar-refractivity contribution in [1.82, 2.24) is 9.55 Å². The Labute approximate surface area is 170 Å². The maximum Gasteiger partial charge on any atom is 0.341 e. The number of pyridine rings is 2.